The van der Waals surface area contributed by atoms with Crippen molar-refractivity contribution in [3.8, 4) is 0 Å². The molecule has 0 spiro atoms. The van der Waals surface area contributed by atoms with Crippen LogP contribution < -0.4 is 5.32 Å². The fraction of sp³-hybridized carbons (Fsp3) is 0.733. The number of ether oxygens (including phenoxy) is 2. The van der Waals surface area contributed by atoms with Gasteiger partial charge in [-0.3, -0.25) is 9.89 Å². The predicted octanol–water partition coefficient (Wildman–Crippen LogP) is 1.60. The van der Waals surface area contributed by atoms with Crippen LogP contribution in [0.5, 0.6) is 0 Å². The van der Waals surface area contributed by atoms with Crippen LogP contribution in [-0.2, 0) is 9.47 Å². The van der Waals surface area contributed by atoms with E-state index < -0.39 is 0 Å². The lowest BCUT2D eigenvalue weighted by Crippen LogP contribution is -2.29. The summed E-state index contributed by atoms with van der Waals surface area (Å²) in [6.45, 7) is 2.53. The zero-order valence-electron chi connectivity index (χ0n) is 12.3. The molecule has 0 unspecified atom stereocenters. The van der Waals surface area contributed by atoms with E-state index in [-0.39, 0.29) is 11.8 Å². The average Bonchev–Trinajstić information content (AvgIpc) is 3.24. The Balaban J connectivity index is 1.45. The molecular formula is C15H23N3O3. The maximum atomic E-state index is 12.2. The molecule has 1 aromatic rings. The fourth-order valence-corrected chi connectivity index (χ4v) is 3.09. The van der Waals surface area contributed by atoms with Crippen LogP contribution in [0.4, 0.5) is 0 Å². The van der Waals surface area contributed by atoms with Crippen molar-refractivity contribution in [3.05, 3.63) is 17.5 Å². The molecule has 6 heteroatoms. The second-order valence-corrected chi connectivity index (χ2v) is 5.79. The van der Waals surface area contributed by atoms with Crippen molar-refractivity contribution in [2.75, 3.05) is 26.4 Å². The lowest BCUT2D eigenvalue weighted by atomic mass is 10.0. The molecule has 21 heavy (non-hydrogen) atoms. The minimum Gasteiger partial charge on any atom is -0.381 e. The summed E-state index contributed by atoms with van der Waals surface area (Å²) in [6.07, 6.45) is 7.76. The Hall–Kier alpha value is -1.40. The number of nitrogens with zero attached hydrogens (tertiary/aromatic N) is 1. The number of rotatable bonds is 6. The first-order chi connectivity index (χ1) is 10.3. The van der Waals surface area contributed by atoms with Crippen molar-refractivity contribution in [2.45, 2.75) is 44.1 Å². The van der Waals surface area contributed by atoms with Gasteiger partial charge in [0.25, 0.3) is 5.91 Å². The number of nitrogens with one attached hydrogen (secondary N) is 2. The van der Waals surface area contributed by atoms with E-state index in [4.69, 9.17) is 9.47 Å². The smallest absolute Gasteiger partial charge is 0.254 e. The molecule has 1 aromatic heterocycles. The fourth-order valence-electron chi connectivity index (χ4n) is 3.09. The van der Waals surface area contributed by atoms with Crippen LogP contribution in [0.15, 0.2) is 6.20 Å². The van der Waals surface area contributed by atoms with Crippen molar-refractivity contribution < 1.29 is 14.3 Å². The second-order valence-electron chi connectivity index (χ2n) is 5.79. The summed E-state index contributed by atoms with van der Waals surface area (Å²) in [5.41, 5.74) is 1.52. The summed E-state index contributed by atoms with van der Waals surface area (Å²) in [6, 6.07) is 0. The number of carbonyl (C=O) groups is 1. The van der Waals surface area contributed by atoms with Gasteiger partial charge >= 0.3 is 0 Å². The Labute approximate surface area is 124 Å². The van der Waals surface area contributed by atoms with Crippen LogP contribution in [0.1, 0.15) is 54.1 Å². The monoisotopic (exact) mass is 293 g/mol. The van der Waals surface area contributed by atoms with Gasteiger partial charge in [-0.05, 0) is 19.3 Å². The van der Waals surface area contributed by atoms with Gasteiger partial charge in [-0.1, -0.05) is 12.8 Å². The molecule has 1 amide bonds. The Morgan fingerprint density at radius 2 is 2.29 bits per heavy atom. The highest BCUT2D eigenvalue weighted by Crippen LogP contribution is 2.26. The van der Waals surface area contributed by atoms with Crippen LogP contribution in [0.2, 0.25) is 0 Å². The minimum absolute atomic E-state index is 0.0827. The Morgan fingerprint density at radius 3 is 3.05 bits per heavy atom. The van der Waals surface area contributed by atoms with Crippen molar-refractivity contribution in [3.63, 3.8) is 0 Å². The van der Waals surface area contributed by atoms with Gasteiger partial charge in [0.2, 0.25) is 0 Å². The first-order valence-corrected chi connectivity index (χ1v) is 7.85. The topological polar surface area (TPSA) is 76.2 Å². The minimum atomic E-state index is -0.0827. The SMILES string of the molecule is O=C(NCCOC1CCCC1)c1cn[nH]c1[C@H]1CCOC1. The van der Waals surface area contributed by atoms with Crippen LogP contribution in [0.25, 0.3) is 0 Å². The standard InChI is InChI=1S/C15H23N3O3/c19-15(16-6-8-21-12-3-1-2-4-12)13-9-17-18-14(13)11-5-7-20-10-11/h9,11-12H,1-8,10H2,(H,16,19)(H,17,18)/t11-/m0/s1. The Bertz CT molecular complexity index is 462. The maximum absolute atomic E-state index is 12.2. The summed E-state index contributed by atoms with van der Waals surface area (Å²) in [7, 11) is 0. The van der Waals surface area contributed by atoms with Gasteiger partial charge in [0, 0.05) is 19.1 Å². The highest BCUT2D eigenvalue weighted by atomic mass is 16.5. The van der Waals surface area contributed by atoms with Crippen LogP contribution in [0.3, 0.4) is 0 Å². The first-order valence-electron chi connectivity index (χ1n) is 7.85. The van der Waals surface area contributed by atoms with Crippen molar-refractivity contribution >= 4 is 5.91 Å². The number of hydrogen-bond donors (Lipinski definition) is 2. The molecule has 0 radical (unpaired) electrons. The highest BCUT2D eigenvalue weighted by Gasteiger charge is 2.25. The number of aromatic amines is 1. The molecule has 2 N–H and O–H groups in total. The van der Waals surface area contributed by atoms with Crippen molar-refractivity contribution in [2.24, 2.45) is 0 Å². The molecule has 116 valence electrons. The Kier molecular flexibility index (Phi) is 4.87. The summed E-state index contributed by atoms with van der Waals surface area (Å²) >= 11 is 0. The van der Waals surface area contributed by atoms with E-state index in [1.807, 2.05) is 0 Å². The van der Waals surface area contributed by atoms with Gasteiger partial charge in [0.15, 0.2) is 0 Å². The van der Waals surface area contributed by atoms with E-state index in [9.17, 15) is 4.79 Å². The molecular weight excluding hydrogens is 270 g/mol. The molecule has 1 saturated carbocycles. The van der Waals surface area contributed by atoms with E-state index in [1.54, 1.807) is 6.20 Å². The van der Waals surface area contributed by atoms with Crippen LogP contribution in [-0.4, -0.2) is 48.6 Å². The molecule has 2 heterocycles. The highest BCUT2D eigenvalue weighted by molar-refractivity contribution is 5.95. The van der Waals surface area contributed by atoms with Gasteiger partial charge < -0.3 is 14.8 Å². The average molecular weight is 293 g/mol. The van der Waals surface area contributed by atoms with E-state index in [0.717, 1.165) is 31.6 Å². The number of carbonyl (C=O) groups excluding carboxylic acids is 1. The second kappa shape index (κ2) is 7.04. The van der Waals surface area contributed by atoms with E-state index in [0.29, 0.717) is 31.4 Å². The van der Waals surface area contributed by atoms with Gasteiger partial charge in [-0.15, -0.1) is 0 Å². The quantitative estimate of drug-likeness (QED) is 0.781. The molecule has 1 aliphatic carbocycles. The molecule has 0 aromatic carbocycles. The number of amides is 1. The van der Waals surface area contributed by atoms with Gasteiger partial charge in [-0.25, -0.2) is 0 Å². The molecule has 2 fully saturated rings. The van der Waals surface area contributed by atoms with E-state index in [1.165, 1.54) is 12.8 Å². The summed E-state index contributed by atoms with van der Waals surface area (Å²) in [4.78, 5) is 12.2. The molecule has 6 nitrogen and oxygen atoms in total. The van der Waals surface area contributed by atoms with Gasteiger partial charge in [-0.2, -0.15) is 5.10 Å². The summed E-state index contributed by atoms with van der Waals surface area (Å²) in [5.74, 6) is 0.170. The molecule has 3 rings (SSSR count). The van der Waals surface area contributed by atoms with Crippen LogP contribution >= 0.6 is 0 Å². The van der Waals surface area contributed by atoms with E-state index in [2.05, 4.69) is 15.5 Å². The molecule has 2 aliphatic rings. The van der Waals surface area contributed by atoms with Gasteiger partial charge in [0.1, 0.15) is 0 Å². The number of hydrogen-bond acceptors (Lipinski definition) is 4. The largest absolute Gasteiger partial charge is 0.381 e. The predicted molar refractivity (Wildman–Crippen MR) is 77.3 cm³/mol. The van der Waals surface area contributed by atoms with E-state index >= 15 is 0 Å². The number of aromatic nitrogens is 2. The molecule has 1 aliphatic heterocycles. The lowest BCUT2D eigenvalue weighted by molar-refractivity contribution is 0.0581. The zero-order chi connectivity index (χ0) is 14.5. The van der Waals surface area contributed by atoms with Gasteiger partial charge in [0.05, 0.1) is 36.8 Å². The number of H-pyrrole nitrogens is 1. The molecule has 0 bridgehead atoms. The zero-order valence-corrected chi connectivity index (χ0v) is 12.3. The first kappa shape index (κ1) is 14.5. The molecule has 1 atom stereocenters. The van der Waals surface area contributed by atoms with Crippen molar-refractivity contribution in [1.29, 1.82) is 0 Å². The normalized spacial score (nSPS) is 22.8. The van der Waals surface area contributed by atoms with Crippen LogP contribution in [0, 0.1) is 0 Å². The summed E-state index contributed by atoms with van der Waals surface area (Å²) < 4.78 is 11.1. The molecule has 1 saturated heterocycles. The third kappa shape index (κ3) is 3.63. The Morgan fingerprint density at radius 1 is 1.43 bits per heavy atom. The maximum Gasteiger partial charge on any atom is 0.254 e. The third-order valence-corrected chi connectivity index (χ3v) is 4.29. The van der Waals surface area contributed by atoms with Crippen molar-refractivity contribution in [1.82, 2.24) is 15.5 Å². The lowest BCUT2D eigenvalue weighted by Gasteiger charge is -2.12. The summed E-state index contributed by atoms with van der Waals surface area (Å²) in [5, 5.41) is 9.86. The third-order valence-electron chi connectivity index (χ3n) is 4.29.